The van der Waals surface area contributed by atoms with Crippen LogP contribution in [-0.2, 0) is 23.4 Å². The van der Waals surface area contributed by atoms with Gasteiger partial charge in [0.25, 0.3) is 0 Å². The van der Waals surface area contributed by atoms with Crippen molar-refractivity contribution in [2.75, 3.05) is 48.7 Å². The maximum Gasteiger partial charge on any atom is 0.561 e. The van der Waals surface area contributed by atoms with Crippen LogP contribution in [0, 0.1) is 0 Å². The molecule has 0 heterocycles. The lowest BCUT2D eigenvalue weighted by atomic mass is 10.4. The third-order valence-corrected chi connectivity index (χ3v) is 6.29. The Balaban J connectivity index is 0. The van der Waals surface area contributed by atoms with E-state index in [0.717, 1.165) is 10.9 Å². The first kappa shape index (κ1) is 21.3. The molecule has 118 valence electrons. The summed E-state index contributed by atoms with van der Waals surface area (Å²) in [5, 5.41) is 0. The standard InChI is InChI=1S/C9H24NO3Si.CH4O3S/c1-8-9(10(2,3)4)14(11-5,12-6)13-7;1-5(2,3)4/h9H,8H2,1-7H3;1H3,(H,2,3,4)/q+1;/p-1. The van der Waals surface area contributed by atoms with Crippen LogP contribution < -0.4 is 0 Å². The van der Waals surface area contributed by atoms with E-state index < -0.39 is 18.9 Å². The van der Waals surface area contributed by atoms with Gasteiger partial charge in [-0.1, -0.05) is 6.92 Å². The number of rotatable bonds is 6. The molecule has 0 aliphatic carbocycles. The van der Waals surface area contributed by atoms with Crippen LogP contribution in [0.4, 0.5) is 0 Å². The van der Waals surface area contributed by atoms with Crippen LogP contribution >= 0.6 is 0 Å². The van der Waals surface area contributed by atoms with Crippen molar-refractivity contribution in [1.82, 2.24) is 0 Å². The Morgan fingerprint density at radius 2 is 1.37 bits per heavy atom. The molecule has 0 aromatic carbocycles. The summed E-state index contributed by atoms with van der Waals surface area (Å²) in [4.78, 5) is 0. The number of quaternary nitrogens is 1. The Morgan fingerprint density at radius 3 is 1.42 bits per heavy atom. The minimum atomic E-state index is -3.92. The van der Waals surface area contributed by atoms with E-state index in [2.05, 4.69) is 28.1 Å². The van der Waals surface area contributed by atoms with Gasteiger partial charge in [-0.3, -0.25) is 0 Å². The molecule has 0 saturated heterocycles. The van der Waals surface area contributed by atoms with Gasteiger partial charge in [-0.25, -0.2) is 8.42 Å². The summed E-state index contributed by atoms with van der Waals surface area (Å²) < 4.78 is 44.5. The summed E-state index contributed by atoms with van der Waals surface area (Å²) in [5.74, 6) is 0. The average Bonchev–Trinajstić information content (AvgIpc) is 2.22. The van der Waals surface area contributed by atoms with Crippen molar-refractivity contribution in [1.29, 1.82) is 0 Å². The first-order chi connectivity index (χ1) is 8.37. The summed E-state index contributed by atoms with van der Waals surface area (Å²) in [6.07, 6.45) is 1.58. The van der Waals surface area contributed by atoms with Gasteiger partial charge in [0, 0.05) is 34.0 Å². The number of hydrogen-bond acceptors (Lipinski definition) is 6. The molecule has 0 bridgehead atoms. The van der Waals surface area contributed by atoms with Crippen molar-refractivity contribution < 1.29 is 30.7 Å². The molecule has 0 aromatic rings. The second kappa shape index (κ2) is 8.30. The zero-order valence-electron chi connectivity index (χ0n) is 13.1. The number of nitrogens with zero attached hydrogens (tertiary/aromatic N) is 1. The van der Waals surface area contributed by atoms with Gasteiger partial charge in [-0.15, -0.1) is 0 Å². The molecule has 0 aromatic heterocycles. The quantitative estimate of drug-likeness (QED) is 0.391. The molecule has 1 atom stereocenters. The average molecular weight is 317 g/mol. The molecule has 7 nitrogen and oxygen atoms in total. The largest absolute Gasteiger partial charge is 0.748 e. The lowest BCUT2D eigenvalue weighted by Gasteiger charge is -2.40. The normalized spacial score (nSPS) is 14.6. The molecule has 0 amide bonds. The lowest BCUT2D eigenvalue weighted by molar-refractivity contribution is -0.887. The van der Waals surface area contributed by atoms with E-state index in [1.807, 2.05) is 0 Å². The third kappa shape index (κ3) is 8.68. The number of hydrogen-bond donors (Lipinski definition) is 0. The van der Waals surface area contributed by atoms with Crippen LogP contribution in [0.2, 0.25) is 0 Å². The fraction of sp³-hybridized carbons (Fsp3) is 1.00. The molecule has 19 heavy (non-hydrogen) atoms. The third-order valence-electron chi connectivity index (χ3n) is 2.58. The van der Waals surface area contributed by atoms with Crippen molar-refractivity contribution in [3.05, 3.63) is 0 Å². The summed E-state index contributed by atoms with van der Waals surface area (Å²) in [6, 6.07) is 0. The fourth-order valence-corrected chi connectivity index (χ4v) is 4.70. The first-order valence-electron chi connectivity index (χ1n) is 5.75. The maximum absolute atomic E-state index is 9.08. The Bertz CT molecular complexity index is 320. The van der Waals surface area contributed by atoms with Crippen LogP contribution in [0.5, 0.6) is 0 Å². The van der Waals surface area contributed by atoms with E-state index in [9.17, 15) is 0 Å². The van der Waals surface area contributed by atoms with E-state index in [1.54, 1.807) is 21.3 Å². The Kier molecular flexibility index (Phi) is 9.29. The smallest absolute Gasteiger partial charge is 0.561 e. The molecule has 0 fully saturated rings. The zero-order valence-corrected chi connectivity index (χ0v) is 14.9. The molecule has 9 heteroatoms. The highest BCUT2D eigenvalue weighted by Gasteiger charge is 2.54. The molecule has 0 saturated carbocycles. The highest BCUT2D eigenvalue weighted by molar-refractivity contribution is 7.84. The maximum atomic E-state index is 9.08. The topological polar surface area (TPSA) is 84.9 Å². The van der Waals surface area contributed by atoms with Crippen molar-refractivity contribution >= 4 is 18.9 Å². The molecule has 0 aliphatic rings. The van der Waals surface area contributed by atoms with E-state index >= 15 is 0 Å². The van der Waals surface area contributed by atoms with Gasteiger partial charge in [0.2, 0.25) is 0 Å². The van der Waals surface area contributed by atoms with Crippen LogP contribution in [0.3, 0.4) is 0 Å². The summed E-state index contributed by atoms with van der Waals surface area (Å²) >= 11 is 0. The SMILES string of the molecule is CCC([N+](C)(C)C)[Si](OC)(OC)OC.CS(=O)(=O)[O-]. The predicted octanol–water partition coefficient (Wildman–Crippen LogP) is 0.0499. The molecule has 0 radical (unpaired) electrons. The highest BCUT2D eigenvalue weighted by Crippen LogP contribution is 2.22. The lowest BCUT2D eigenvalue weighted by Crippen LogP contribution is -2.65. The second-order valence-electron chi connectivity index (χ2n) is 4.96. The Morgan fingerprint density at radius 1 is 1.11 bits per heavy atom. The van der Waals surface area contributed by atoms with Crippen LogP contribution in [0.25, 0.3) is 0 Å². The predicted molar refractivity (Wildman–Crippen MR) is 74.5 cm³/mol. The van der Waals surface area contributed by atoms with Gasteiger partial charge >= 0.3 is 8.80 Å². The van der Waals surface area contributed by atoms with Gasteiger partial charge in [0.15, 0.2) is 5.67 Å². The molecule has 0 N–H and O–H groups in total. The Hall–Kier alpha value is -0.0331. The fourth-order valence-electron chi connectivity index (χ4n) is 1.93. The monoisotopic (exact) mass is 317 g/mol. The highest BCUT2D eigenvalue weighted by atomic mass is 32.2. The molecular weight excluding hydrogens is 290 g/mol. The van der Waals surface area contributed by atoms with E-state index in [0.29, 0.717) is 6.26 Å². The van der Waals surface area contributed by atoms with Crippen LogP contribution in [0.1, 0.15) is 13.3 Å². The minimum Gasteiger partial charge on any atom is -0.748 e. The van der Waals surface area contributed by atoms with Gasteiger partial charge in [-0.05, 0) is 0 Å². The summed E-state index contributed by atoms with van der Waals surface area (Å²) in [7, 11) is 4.96. The first-order valence-corrected chi connectivity index (χ1v) is 9.37. The van der Waals surface area contributed by atoms with Gasteiger partial charge in [0.05, 0.1) is 31.3 Å². The van der Waals surface area contributed by atoms with Gasteiger partial charge in [-0.2, -0.15) is 0 Å². The van der Waals surface area contributed by atoms with Crippen LogP contribution in [-0.4, -0.2) is 80.7 Å². The van der Waals surface area contributed by atoms with E-state index in [1.165, 1.54) is 0 Å². The van der Waals surface area contributed by atoms with Crippen LogP contribution in [0.15, 0.2) is 0 Å². The molecule has 0 spiro atoms. The summed E-state index contributed by atoms with van der Waals surface area (Å²) in [6.45, 7) is 2.13. The van der Waals surface area contributed by atoms with Crippen molar-refractivity contribution in [3.63, 3.8) is 0 Å². The van der Waals surface area contributed by atoms with Crippen molar-refractivity contribution in [2.45, 2.75) is 19.0 Å². The Labute approximate surface area is 118 Å². The zero-order chi connectivity index (χ0) is 15.9. The van der Waals surface area contributed by atoms with Crippen molar-refractivity contribution in [2.24, 2.45) is 0 Å². The molecular formula is C10H27NO6SSi. The van der Waals surface area contributed by atoms with Gasteiger partial charge < -0.3 is 22.3 Å². The molecule has 1 unspecified atom stereocenters. The van der Waals surface area contributed by atoms with E-state index in [4.69, 9.17) is 26.2 Å². The van der Waals surface area contributed by atoms with Crippen molar-refractivity contribution in [3.8, 4) is 0 Å². The summed E-state index contributed by atoms with van der Waals surface area (Å²) in [5.41, 5.74) is 0.266. The minimum absolute atomic E-state index is 0.266. The van der Waals surface area contributed by atoms with E-state index in [-0.39, 0.29) is 5.67 Å². The molecule has 0 rings (SSSR count). The van der Waals surface area contributed by atoms with Gasteiger partial charge in [0.1, 0.15) is 0 Å². The second-order valence-corrected chi connectivity index (χ2v) is 9.47. The molecule has 0 aliphatic heterocycles.